The van der Waals surface area contributed by atoms with Gasteiger partial charge in [-0.15, -0.1) is 0 Å². The third-order valence-electron chi connectivity index (χ3n) is 7.10. The Bertz CT molecular complexity index is 1180. The van der Waals surface area contributed by atoms with Crippen molar-refractivity contribution in [2.24, 2.45) is 0 Å². The molecule has 10 heteroatoms. The number of aromatic nitrogens is 2. The van der Waals surface area contributed by atoms with Crippen molar-refractivity contribution in [3.63, 3.8) is 0 Å². The van der Waals surface area contributed by atoms with E-state index in [1.54, 1.807) is 4.90 Å². The highest BCUT2D eigenvalue weighted by atomic mass is 79.9. The highest BCUT2D eigenvalue weighted by molar-refractivity contribution is 9.11. The van der Waals surface area contributed by atoms with Gasteiger partial charge in [-0.25, -0.2) is 14.8 Å². The number of carbonyl (C=O) groups is 1. The average Bonchev–Trinajstić information content (AvgIpc) is 3.10. The predicted molar refractivity (Wildman–Crippen MR) is 174 cm³/mol. The summed E-state index contributed by atoms with van der Waals surface area (Å²) < 4.78 is 19.1. The lowest BCUT2D eigenvalue weighted by molar-refractivity contribution is 0.00578. The van der Waals surface area contributed by atoms with Crippen molar-refractivity contribution in [3.05, 3.63) is 35.0 Å². The largest absolute Gasteiger partial charge is 0.494 e. The molecule has 0 spiro atoms. The molecule has 0 aliphatic carbocycles. The topological polar surface area (TPSA) is 85.8 Å². The number of nitrogens with zero attached hydrogens (tertiary/aromatic N) is 3. The Balaban J connectivity index is 0.000000902. The molecule has 1 aromatic carbocycles. The Labute approximate surface area is 256 Å². The van der Waals surface area contributed by atoms with Crippen LogP contribution in [-0.4, -0.2) is 64.0 Å². The molecule has 2 aromatic rings. The number of benzene rings is 1. The molecule has 1 aromatic heterocycles. The molecule has 41 heavy (non-hydrogen) atoms. The van der Waals surface area contributed by atoms with E-state index in [0.717, 1.165) is 45.7 Å². The molecule has 3 heterocycles. The minimum absolute atomic E-state index is 0.0721. The second kappa shape index (κ2) is 14.3. The standard InChI is InChI=1S/C26H39BN4O4.C3H5Br.C2H6/c1-9-17-13-19(27-34-25(5,6)26(7,8)35-27)14-18-15-28-22(30-21(17)18)29-20-11-10-12-31(16-20)23(32)33-24(2,3)4;1-3(2)4;1-2/h13-15,20H,9-12,16H2,1-8H3,(H,28,29,30);1H2,2H3;1-2H3. The van der Waals surface area contributed by atoms with Gasteiger partial charge in [-0.1, -0.05) is 55.4 Å². The fourth-order valence-corrected chi connectivity index (χ4v) is 4.47. The molecule has 2 aliphatic heterocycles. The Kier molecular flexibility index (Phi) is 12.3. The summed E-state index contributed by atoms with van der Waals surface area (Å²) in [5.74, 6) is 0.576. The van der Waals surface area contributed by atoms with Gasteiger partial charge in [0.15, 0.2) is 0 Å². The van der Waals surface area contributed by atoms with Gasteiger partial charge < -0.3 is 24.3 Å². The molecule has 228 valence electrons. The number of carbonyl (C=O) groups excluding carboxylic acids is 1. The van der Waals surface area contributed by atoms with E-state index in [-0.39, 0.29) is 12.1 Å². The molecule has 4 rings (SSSR count). The number of piperidine rings is 1. The van der Waals surface area contributed by atoms with Gasteiger partial charge in [0.25, 0.3) is 0 Å². The molecule has 0 bridgehead atoms. The van der Waals surface area contributed by atoms with Crippen molar-refractivity contribution >= 4 is 51.5 Å². The summed E-state index contributed by atoms with van der Waals surface area (Å²) in [5.41, 5.74) is 1.74. The predicted octanol–water partition coefficient (Wildman–Crippen LogP) is 7.24. The number of fused-ring (bicyclic) bond motifs is 1. The Morgan fingerprint density at radius 1 is 1.22 bits per heavy atom. The number of likely N-dealkylation sites (tertiary alicyclic amines) is 1. The first-order valence-corrected chi connectivity index (χ1v) is 15.5. The summed E-state index contributed by atoms with van der Waals surface area (Å²) in [6, 6.07) is 4.26. The van der Waals surface area contributed by atoms with Crippen molar-refractivity contribution < 1.29 is 18.8 Å². The molecule has 1 atom stereocenters. The number of hydrogen-bond acceptors (Lipinski definition) is 7. The van der Waals surface area contributed by atoms with Gasteiger partial charge in [0.05, 0.1) is 16.7 Å². The number of hydrogen-bond donors (Lipinski definition) is 1. The molecule has 1 amide bonds. The summed E-state index contributed by atoms with van der Waals surface area (Å²) in [7, 11) is -0.423. The van der Waals surface area contributed by atoms with Crippen molar-refractivity contribution in [2.45, 2.75) is 118 Å². The summed E-state index contributed by atoms with van der Waals surface area (Å²) in [6.45, 7) is 26.7. The van der Waals surface area contributed by atoms with Gasteiger partial charge in [0, 0.05) is 30.7 Å². The summed E-state index contributed by atoms with van der Waals surface area (Å²) >= 11 is 3.08. The Morgan fingerprint density at radius 3 is 2.34 bits per heavy atom. The van der Waals surface area contributed by atoms with E-state index in [2.05, 4.69) is 79.6 Å². The van der Waals surface area contributed by atoms with Gasteiger partial charge >= 0.3 is 13.2 Å². The fourth-order valence-electron chi connectivity index (χ4n) is 4.47. The number of nitrogens with one attached hydrogen (secondary N) is 1. The molecule has 1 unspecified atom stereocenters. The second-order valence-corrected chi connectivity index (χ2v) is 13.7. The number of amides is 1. The van der Waals surface area contributed by atoms with Gasteiger partial charge in [-0.05, 0) is 90.2 Å². The molecule has 0 radical (unpaired) electrons. The van der Waals surface area contributed by atoms with Crippen molar-refractivity contribution in [1.29, 1.82) is 0 Å². The highest BCUT2D eigenvalue weighted by Gasteiger charge is 2.51. The minimum Gasteiger partial charge on any atom is -0.444 e. The monoisotopic (exact) mass is 632 g/mol. The Morgan fingerprint density at radius 2 is 1.80 bits per heavy atom. The van der Waals surface area contributed by atoms with Crippen LogP contribution in [0.5, 0.6) is 0 Å². The summed E-state index contributed by atoms with van der Waals surface area (Å²) in [6.07, 6.45) is 4.26. The van der Waals surface area contributed by atoms with Crippen molar-refractivity contribution in [1.82, 2.24) is 14.9 Å². The smallest absolute Gasteiger partial charge is 0.444 e. The SMILES string of the molecule is C=C(C)Br.CC.CCc1cc(B2OC(C)(C)C(C)(C)O2)cc2cnc(NC3CCCN(C(=O)OC(C)(C)C)C3)nc12. The van der Waals surface area contributed by atoms with Crippen molar-refractivity contribution in [3.8, 4) is 0 Å². The number of allylic oxidation sites excluding steroid dienone is 1. The first kappa shape index (κ1) is 35.0. The van der Waals surface area contributed by atoms with Crippen LogP contribution in [0.2, 0.25) is 0 Å². The van der Waals surface area contributed by atoms with Crippen LogP contribution < -0.4 is 10.8 Å². The zero-order chi connectivity index (χ0) is 31.2. The quantitative estimate of drug-likeness (QED) is 0.355. The first-order chi connectivity index (χ1) is 19.0. The number of rotatable bonds is 4. The molecule has 2 fully saturated rings. The van der Waals surface area contributed by atoms with E-state index < -0.39 is 23.9 Å². The van der Waals surface area contributed by atoms with Crippen LogP contribution in [-0.2, 0) is 20.5 Å². The van der Waals surface area contributed by atoms with E-state index in [4.69, 9.17) is 19.0 Å². The maximum absolute atomic E-state index is 12.5. The zero-order valence-electron chi connectivity index (χ0n) is 27.0. The second-order valence-electron chi connectivity index (χ2n) is 12.3. The number of halogens is 1. The summed E-state index contributed by atoms with van der Waals surface area (Å²) in [5, 5.41) is 4.40. The average molecular weight is 633 g/mol. The lowest BCUT2D eigenvalue weighted by Gasteiger charge is -2.34. The molecule has 2 aliphatic rings. The number of anilines is 1. The maximum Gasteiger partial charge on any atom is 0.494 e. The Hall–Kier alpha value is -2.17. The highest BCUT2D eigenvalue weighted by Crippen LogP contribution is 2.36. The van der Waals surface area contributed by atoms with Crippen LogP contribution in [0.1, 0.15) is 94.6 Å². The number of aryl methyl sites for hydroxylation is 1. The molecule has 1 N–H and O–H groups in total. The third-order valence-corrected chi connectivity index (χ3v) is 7.10. The first-order valence-electron chi connectivity index (χ1n) is 14.7. The third kappa shape index (κ3) is 9.68. The number of ether oxygens (including phenoxy) is 1. The zero-order valence-corrected chi connectivity index (χ0v) is 28.6. The van der Waals surface area contributed by atoms with Crippen LogP contribution in [0, 0.1) is 0 Å². The molecule has 8 nitrogen and oxygen atoms in total. The van der Waals surface area contributed by atoms with Gasteiger partial charge in [-0.2, -0.15) is 0 Å². The molecule has 0 saturated carbocycles. The van der Waals surface area contributed by atoms with Gasteiger partial charge in [0.1, 0.15) is 5.60 Å². The van der Waals surface area contributed by atoms with E-state index in [1.165, 1.54) is 0 Å². The van der Waals surface area contributed by atoms with E-state index >= 15 is 0 Å². The molecular formula is C31H50BBrN4O4. The maximum atomic E-state index is 12.5. The molecular weight excluding hydrogens is 583 g/mol. The van der Waals surface area contributed by atoms with E-state index in [1.807, 2.05) is 47.7 Å². The van der Waals surface area contributed by atoms with E-state index in [9.17, 15) is 4.79 Å². The van der Waals surface area contributed by atoms with Crippen LogP contribution in [0.15, 0.2) is 29.4 Å². The van der Waals surface area contributed by atoms with Crippen molar-refractivity contribution in [2.75, 3.05) is 18.4 Å². The normalized spacial score (nSPS) is 19.5. The van der Waals surface area contributed by atoms with E-state index in [0.29, 0.717) is 19.0 Å². The van der Waals surface area contributed by atoms with Gasteiger partial charge in [0.2, 0.25) is 5.95 Å². The van der Waals surface area contributed by atoms with Crippen LogP contribution in [0.25, 0.3) is 10.9 Å². The minimum atomic E-state index is -0.506. The summed E-state index contributed by atoms with van der Waals surface area (Å²) in [4.78, 5) is 23.7. The fraction of sp³-hybridized carbons (Fsp3) is 0.645. The van der Waals surface area contributed by atoms with Crippen LogP contribution in [0.4, 0.5) is 10.7 Å². The molecule has 2 saturated heterocycles. The lowest BCUT2D eigenvalue weighted by atomic mass is 9.77. The van der Waals surface area contributed by atoms with Gasteiger partial charge in [-0.3, -0.25) is 0 Å². The van der Waals surface area contributed by atoms with Crippen LogP contribution >= 0.6 is 15.9 Å². The lowest BCUT2D eigenvalue weighted by Crippen LogP contribution is -2.47. The van der Waals surface area contributed by atoms with Crippen LogP contribution in [0.3, 0.4) is 0 Å².